The standard InChI is InChI=1S/C8H5I3O2/c1-3-5(9)4(2-12)7(11)8(13)6(3)10/h2,13H,1H3. The number of carbonyl (C=O) groups is 1. The Labute approximate surface area is 117 Å². The Kier molecular flexibility index (Phi) is 4.23. The maximum absolute atomic E-state index is 10.7. The minimum Gasteiger partial charge on any atom is -0.506 e. The molecule has 0 aromatic heterocycles. The molecule has 0 heterocycles. The number of carbonyl (C=O) groups excluding carboxylic acids is 1. The summed E-state index contributed by atoms with van der Waals surface area (Å²) in [5, 5.41) is 9.65. The molecule has 0 aliphatic carbocycles. The van der Waals surface area contributed by atoms with Crippen molar-refractivity contribution >= 4 is 74.1 Å². The fraction of sp³-hybridized carbons (Fsp3) is 0.125. The van der Waals surface area contributed by atoms with E-state index in [0.717, 1.165) is 19.0 Å². The van der Waals surface area contributed by atoms with E-state index in [-0.39, 0.29) is 5.75 Å². The van der Waals surface area contributed by atoms with Crippen molar-refractivity contribution in [3.05, 3.63) is 21.8 Å². The van der Waals surface area contributed by atoms with Crippen molar-refractivity contribution in [3.8, 4) is 5.75 Å². The molecular weight excluding hydrogens is 509 g/mol. The summed E-state index contributed by atoms with van der Waals surface area (Å²) in [5.41, 5.74) is 1.54. The summed E-state index contributed by atoms with van der Waals surface area (Å²) >= 11 is 6.18. The molecule has 1 aromatic rings. The van der Waals surface area contributed by atoms with Crippen LogP contribution in [0.5, 0.6) is 5.75 Å². The average Bonchev–Trinajstić information content (AvgIpc) is 2.13. The van der Waals surface area contributed by atoms with E-state index in [1.165, 1.54) is 0 Å². The minimum atomic E-state index is 0.209. The minimum absolute atomic E-state index is 0.209. The predicted molar refractivity (Wildman–Crippen MR) is 76.4 cm³/mol. The zero-order valence-corrected chi connectivity index (χ0v) is 13.0. The highest BCUT2D eigenvalue weighted by Gasteiger charge is 2.16. The van der Waals surface area contributed by atoms with Gasteiger partial charge in [0.25, 0.3) is 0 Å². The van der Waals surface area contributed by atoms with Gasteiger partial charge in [-0.05, 0) is 80.3 Å². The number of hydrogen-bond donors (Lipinski definition) is 1. The SMILES string of the molecule is Cc1c(I)c(O)c(I)c(C=O)c1I. The number of aldehydes is 1. The van der Waals surface area contributed by atoms with Gasteiger partial charge in [-0.3, -0.25) is 4.79 Å². The molecule has 0 aliphatic heterocycles. The molecule has 1 aromatic carbocycles. The first-order valence-electron chi connectivity index (χ1n) is 3.31. The van der Waals surface area contributed by atoms with Crippen molar-refractivity contribution in [1.29, 1.82) is 0 Å². The first-order chi connectivity index (χ1) is 6.00. The Bertz CT molecular complexity index is 345. The summed E-state index contributed by atoms with van der Waals surface area (Å²) < 4.78 is 2.36. The van der Waals surface area contributed by atoms with Crippen LogP contribution in [0.1, 0.15) is 15.9 Å². The van der Waals surface area contributed by atoms with Crippen molar-refractivity contribution in [2.24, 2.45) is 0 Å². The van der Waals surface area contributed by atoms with E-state index < -0.39 is 0 Å². The molecule has 1 N–H and O–H groups in total. The molecule has 1 rings (SSSR count). The van der Waals surface area contributed by atoms with E-state index in [1.54, 1.807) is 0 Å². The van der Waals surface area contributed by atoms with Crippen molar-refractivity contribution in [1.82, 2.24) is 0 Å². The summed E-state index contributed by atoms with van der Waals surface area (Å²) in [6, 6.07) is 0. The molecule has 5 heteroatoms. The molecule has 0 radical (unpaired) electrons. The molecule has 0 saturated heterocycles. The van der Waals surface area contributed by atoms with Gasteiger partial charge in [0.15, 0.2) is 6.29 Å². The lowest BCUT2D eigenvalue weighted by Crippen LogP contribution is -1.98. The molecule has 0 aliphatic rings. The van der Waals surface area contributed by atoms with Crippen LogP contribution >= 0.6 is 67.8 Å². The molecule has 0 fully saturated rings. The van der Waals surface area contributed by atoms with Crippen LogP contribution < -0.4 is 0 Å². The topological polar surface area (TPSA) is 37.3 Å². The van der Waals surface area contributed by atoms with Gasteiger partial charge in [-0.25, -0.2) is 0 Å². The molecule has 0 bridgehead atoms. The van der Waals surface area contributed by atoms with E-state index >= 15 is 0 Å². The fourth-order valence-corrected chi connectivity index (χ4v) is 4.32. The largest absolute Gasteiger partial charge is 0.506 e. The summed E-state index contributed by atoms with van der Waals surface area (Å²) in [4.78, 5) is 10.7. The van der Waals surface area contributed by atoms with Gasteiger partial charge in [0.05, 0.1) is 7.14 Å². The third-order valence-electron chi connectivity index (χ3n) is 1.67. The van der Waals surface area contributed by atoms with Crippen molar-refractivity contribution < 1.29 is 9.90 Å². The van der Waals surface area contributed by atoms with Crippen molar-refractivity contribution in [2.75, 3.05) is 0 Å². The third-order valence-corrected chi connectivity index (χ3v) is 5.47. The van der Waals surface area contributed by atoms with Crippen LogP contribution in [0.4, 0.5) is 0 Å². The molecule has 0 saturated carbocycles. The van der Waals surface area contributed by atoms with Gasteiger partial charge in [-0.1, -0.05) is 0 Å². The summed E-state index contributed by atoms with van der Waals surface area (Å²) in [5.74, 6) is 0.209. The number of hydrogen-bond acceptors (Lipinski definition) is 2. The van der Waals surface area contributed by atoms with E-state index in [0.29, 0.717) is 9.13 Å². The molecule has 0 atom stereocenters. The lowest BCUT2D eigenvalue weighted by molar-refractivity contribution is 0.112. The number of phenols is 1. The van der Waals surface area contributed by atoms with Gasteiger partial charge in [-0.15, -0.1) is 0 Å². The van der Waals surface area contributed by atoms with Crippen LogP contribution in [0.2, 0.25) is 0 Å². The zero-order valence-electron chi connectivity index (χ0n) is 6.57. The molecule has 0 spiro atoms. The Morgan fingerprint density at radius 3 is 2.15 bits per heavy atom. The summed E-state index contributed by atoms with van der Waals surface area (Å²) in [6.07, 6.45) is 0.784. The zero-order chi connectivity index (χ0) is 10.2. The maximum atomic E-state index is 10.7. The van der Waals surface area contributed by atoms with E-state index in [9.17, 15) is 9.90 Å². The highest BCUT2D eigenvalue weighted by atomic mass is 127. The molecule has 2 nitrogen and oxygen atoms in total. The Balaban J connectivity index is 3.66. The van der Waals surface area contributed by atoms with Crippen LogP contribution in [0.3, 0.4) is 0 Å². The Hall–Kier alpha value is 0.880. The maximum Gasteiger partial charge on any atom is 0.152 e. The lowest BCUT2D eigenvalue weighted by atomic mass is 10.1. The second-order valence-electron chi connectivity index (χ2n) is 2.45. The molecule has 13 heavy (non-hydrogen) atoms. The molecule has 70 valence electrons. The second kappa shape index (κ2) is 4.60. The molecule has 0 unspecified atom stereocenters. The lowest BCUT2D eigenvalue weighted by Gasteiger charge is -2.09. The van der Waals surface area contributed by atoms with Crippen LogP contribution in [-0.2, 0) is 0 Å². The van der Waals surface area contributed by atoms with E-state index in [4.69, 9.17) is 0 Å². The van der Waals surface area contributed by atoms with Gasteiger partial charge in [-0.2, -0.15) is 0 Å². The first kappa shape index (κ1) is 12.0. The number of phenolic OH excluding ortho intramolecular Hbond substituents is 1. The van der Waals surface area contributed by atoms with E-state index in [1.807, 2.05) is 29.5 Å². The fourth-order valence-electron chi connectivity index (χ4n) is 0.900. The molecular formula is C8H5I3O2. The van der Waals surface area contributed by atoms with Gasteiger partial charge in [0.1, 0.15) is 5.75 Å². The first-order valence-corrected chi connectivity index (χ1v) is 6.55. The van der Waals surface area contributed by atoms with Crippen LogP contribution in [0, 0.1) is 17.6 Å². The smallest absolute Gasteiger partial charge is 0.152 e. The van der Waals surface area contributed by atoms with Gasteiger partial charge in [0.2, 0.25) is 0 Å². The van der Waals surface area contributed by atoms with Crippen molar-refractivity contribution in [3.63, 3.8) is 0 Å². The highest BCUT2D eigenvalue weighted by Crippen LogP contribution is 2.34. The van der Waals surface area contributed by atoms with Gasteiger partial charge in [0, 0.05) is 9.13 Å². The average molecular weight is 514 g/mol. The summed E-state index contributed by atoms with van der Waals surface area (Å²) in [7, 11) is 0. The summed E-state index contributed by atoms with van der Waals surface area (Å²) in [6.45, 7) is 1.90. The third kappa shape index (κ3) is 2.11. The highest BCUT2D eigenvalue weighted by molar-refractivity contribution is 14.1. The predicted octanol–water partition coefficient (Wildman–Crippen LogP) is 3.33. The van der Waals surface area contributed by atoms with Crippen LogP contribution in [0.25, 0.3) is 0 Å². The van der Waals surface area contributed by atoms with Crippen molar-refractivity contribution in [2.45, 2.75) is 6.92 Å². The number of aromatic hydroxyl groups is 1. The number of benzene rings is 1. The molecule has 0 amide bonds. The quantitative estimate of drug-likeness (QED) is 0.462. The second-order valence-corrected chi connectivity index (χ2v) is 5.68. The van der Waals surface area contributed by atoms with Crippen LogP contribution in [-0.4, -0.2) is 11.4 Å². The Morgan fingerprint density at radius 2 is 1.69 bits per heavy atom. The monoisotopic (exact) mass is 514 g/mol. The number of halogens is 3. The van der Waals surface area contributed by atoms with Gasteiger partial charge >= 0.3 is 0 Å². The van der Waals surface area contributed by atoms with Crippen LogP contribution in [0.15, 0.2) is 0 Å². The Morgan fingerprint density at radius 1 is 1.15 bits per heavy atom. The number of rotatable bonds is 1. The normalized spacial score (nSPS) is 10.2. The van der Waals surface area contributed by atoms with Gasteiger partial charge < -0.3 is 5.11 Å². The van der Waals surface area contributed by atoms with E-state index in [2.05, 4.69) is 45.2 Å².